The van der Waals surface area contributed by atoms with Gasteiger partial charge >= 0.3 is 11.8 Å². The van der Waals surface area contributed by atoms with Crippen LogP contribution in [0.5, 0.6) is 0 Å². The Labute approximate surface area is 176 Å². The Morgan fingerprint density at radius 1 is 0.933 bits per heavy atom. The molecular formula is C22H28N4O4. The van der Waals surface area contributed by atoms with Crippen LogP contribution >= 0.6 is 0 Å². The summed E-state index contributed by atoms with van der Waals surface area (Å²) >= 11 is 0. The maximum Gasteiger partial charge on any atom is 0.309 e. The number of nitrogens with one attached hydrogen (secondary N) is 3. The molecule has 0 spiro atoms. The topological polar surface area (TPSA) is 108 Å². The van der Waals surface area contributed by atoms with E-state index in [4.69, 9.17) is 0 Å². The van der Waals surface area contributed by atoms with Gasteiger partial charge in [0, 0.05) is 30.9 Å². The van der Waals surface area contributed by atoms with Gasteiger partial charge in [-0.1, -0.05) is 11.6 Å². The molecule has 3 rings (SSSR count). The summed E-state index contributed by atoms with van der Waals surface area (Å²) in [6, 6.07) is 6.94. The number of rotatable bonds is 7. The number of benzene rings is 1. The second-order valence-corrected chi connectivity index (χ2v) is 7.54. The molecule has 1 aromatic carbocycles. The maximum absolute atomic E-state index is 12.0. The van der Waals surface area contributed by atoms with Gasteiger partial charge in [0.1, 0.15) is 0 Å². The minimum Gasteiger partial charge on any atom is -0.348 e. The van der Waals surface area contributed by atoms with Gasteiger partial charge in [0.15, 0.2) is 0 Å². The van der Waals surface area contributed by atoms with Crippen molar-refractivity contribution in [2.45, 2.75) is 44.9 Å². The fraction of sp³-hybridized carbons (Fsp3) is 0.455. The van der Waals surface area contributed by atoms with Crippen LogP contribution < -0.4 is 20.9 Å². The van der Waals surface area contributed by atoms with Gasteiger partial charge in [0.05, 0.1) is 6.54 Å². The van der Waals surface area contributed by atoms with Crippen molar-refractivity contribution < 1.29 is 19.2 Å². The van der Waals surface area contributed by atoms with Crippen LogP contribution in [0.2, 0.25) is 0 Å². The second-order valence-electron chi connectivity index (χ2n) is 7.54. The molecule has 1 aliphatic heterocycles. The number of anilines is 2. The van der Waals surface area contributed by atoms with Crippen molar-refractivity contribution in [2.75, 3.05) is 29.9 Å². The lowest BCUT2D eigenvalue weighted by Crippen LogP contribution is -2.43. The van der Waals surface area contributed by atoms with Crippen LogP contribution in [0.25, 0.3) is 0 Å². The van der Waals surface area contributed by atoms with Crippen LogP contribution in [0.3, 0.4) is 0 Å². The minimum absolute atomic E-state index is 0.100. The summed E-state index contributed by atoms with van der Waals surface area (Å²) in [7, 11) is 0. The first-order valence-corrected chi connectivity index (χ1v) is 10.5. The molecule has 1 heterocycles. The predicted molar refractivity (Wildman–Crippen MR) is 114 cm³/mol. The largest absolute Gasteiger partial charge is 0.348 e. The molecule has 30 heavy (non-hydrogen) atoms. The van der Waals surface area contributed by atoms with Crippen LogP contribution in [-0.4, -0.2) is 43.3 Å². The average molecular weight is 412 g/mol. The first-order valence-electron chi connectivity index (χ1n) is 10.5. The fourth-order valence-corrected chi connectivity index (χ4v) is 3.64. The van der Waals surface area contributed by atoms with Gasteiger partial charge < -0.3 is 20.9 Å². The molecule has 2 aliphatic rings. The molecule has 3 N–H and O–H groups in total. The first-order chi connectivity index (χ1) is 14.5. The van der Waals surface area contributed by atoms with E-state index in [1.54, 1.807) is 29.2 Å². The highest BCUT2D eigenvalue weighted by molar-refractivity contribution is 6.35. The summed E-state index contributed by atoms with van der Waals surface area (Å²) in [6.45, 7) is 0.816. The van der Waals surface area contributed by atoms with Gasteiger partial charge in [-0.15, -0.1) is 0 Å². The standard InChI is InChI=1S/C22H28N4O4/c27-19(25-17-8-10-18(11-9-17)26-14-4-7-20(26)28)15-24-22(30)21(29)23-13-12-16-5-2-1-3-6-16/h5,8-11H,1-4,6-7,12-15H2,(H,23,29)(H,24,30)(H,25,27). The van der Waals surface area contributed by atoms with Crippen LogP contribution in [0, 0.1) is 0 Å². The Bertz CT molecular complexity index is 832. The van der Waals surface area contributed by atoms with Crippen molar-refractivity contribution in [3.05, 3.63) is 35.9 Å². The van der Waals surface area contributed by atoms with Crippen molar-refractivity contribution in [2.24, 2.45) is 0 Å². The average Bonchev–Trinajstić information content (AvgIpc) is 3.19. The minimum atomic E-state index is -0.828. The van der Waals surface area contributed by atoms with Gasteiger partial charge in [-0.05, 0) is 62.8 Å². The molecule has 0 unspecified atom stereocenters. The van der Waals surface area contributed by atoms with Crippen molar-refractivity contribution in [1.82, 2.24) is 10.6 Å². The van der Waals surface area contributed by atoms with Crippen LogP contribution in [0.4, 0.5) is 11.4 Å². The fourth-order valence-electron chi connectivity index (χ4n) is 3.64. The third-order valence-corrected chi connectivity index (χ3v) is 5.27. The molecule has 1 saturated heterocycles. The zero-order valence-corrected chi connectivity index (χ0v) is 17.0. The summed E-state index contributed by atoms with van der Waals surface area (Å²) in [6.07, 6.45) is 8.88. The number of hydrogen-bond acceptors (Lipinski definition) is 4. The van der Waals surface area contributed by atoms with E-state index in [9.17, 15) is 19.2 Å². The molecular weight excluding hydrogens is 384 g/mol. The highest BCUT2D eigenvalue weighted by Crippen LogP contribution is 2.23. The molecule has 1 aliphatic carbocycles. The highest BCUT2D eigenvalue weighted by atomic mass is 16.2. The van der Waals surface area contributed by atoms with Gasteiger partial charge in [-0.25, -0.2) is 0 Å². The lowest BCUT2D eigenvalue weighted by molar-refractivity contribution is -0.139. The number of carbonyl (C=O) groups excluding carboxylic acids is 4. The van der Waals surface area contributed by atoms with Crippen LogP contribution in [0.15, 0.2) is 35.9 Å². The molecule has 1 fully saturated rings. The van der Waals surface area contributed by atoms with E-state index in [1.165, 1.54) is 18.4 Å². The molecule has 8 nitrogen and oxygen atoms in total. The third-order valence-electron chi connectivity index (χ3n) is 5.27. The van der Waals surface area contributed by atoms with Gasteiger partial charge in [-0.2, -0.15) is 0 Å². The summed E-state index contributed by atoms with van der Waals surface area (Å²) < 4.78 is 0. The van der Waals surface area contributed by atoms with Gasteiger partial charge in [0.25, 0.3) is 0 Å². The van der Waals surface area contributed by atoms with E-state index >= 15 is 0 Å². The Morgan fingerprint density at radius 2 is 1.70 bits per heavy atom. The van der Waals surface area contributed by atoms with Crippen LogP contribution in [-0.2, 0) is 19.2 Å². The third kappa shape index (κ3) is 6.17. The van der Waals surface area contributed by atoms with Crippen LogP contribution in [0.1, 0.15) is 44.9 Å². The summed E-state index contributed by atoms with van der Waals surface area (Å²) in [5.41, 5.74) is 2.67. The molecule has 0 saturated carbocycles. The van der Waals surface area contributed by atoms with Crippen molar-refractivity contribution in [3.63, 3.8) is 0 Å². The molecule has 0 radical (unpaired) electrons. The molecule has 0 bridgehead atoms. The van der Waals surface area contributed by atoms with E-state index in [1.807, 2.05) is 0 Å². The zero-order chi connectivity index (χ0) is 21.3. The van der Waals surface area contributed by atoms with E-state index in [2.05, 4.69) is 22.0 Å². The lowest BCUT2D eigenvalue weighted by Gasteiger charge is -2.16. The monoisotopic (exact) mass is 412 g/mol. The molecule has 1 aromatic rings. The number of hydrogen-bond donors (Lipinski definition) is 3. The summed E-state index contributed by atoms with van der Waals surface area (Å²) in [5, 5.41) is 7.56. The Morgan fingerprint density at radius 3 is 2.37 bits per heavy atom. The summed E-state index contributed by atoms with van der Waals surface area (Å²) in [4.78, 5) is 49.2. The van der Waals surface area contributed by atoms with E-state index in [0.29, 0.717) is 25.2 Å². The molecule has 4 amide bonds. The Balaban J connectivity index is 1.36. The first kappa shape index (κ1) is 21.5. The number of carbonyl (C=O) groups is 4. The van der Waals surface area contributed by atoms with Crippen molar-refractivity contribution in [3.8, 4) is 0 Å². The van der Waals surface area contributed by atoms with Crippen molar-refractivity contribution >= 4 is 35.0 Å². The second kappa shape index (κ2) is 10.6. The van der Waals surface area contributed by atoms with E-state index in [-0.39, 0.29) is 12.5 Å². The number of nitrogens with zero attached hydrogens (tertiary/aromatic N) is 1. The smallest absolute Gasteiger partial charge is 0.309 e. The SMILES string of the molecule is O=C(CNC(=O)C(=O)NCCC1=CCCCC1)Nc1ccc(N2CCCC2=O)cc1. The Kier molecular flexibility index (Phi) is 7.59. The van der Waals surface area contributed by atoms with E-state index < -0.39 is 17.7 Å². The van der Waals surface area contributed by atoms with E-state index in [0.717, 1.165) is 31.4 Å². The predicted octanol–water partition coefficient (Wildman–Crippen LogP) is 1.87. The summed E-state index contributed by atoms with van der Waals surface area (Å²) in [5.74, 6) is -1.90. The number of allylic oxidation sites excluding steroid dienone is 1. The molecule has 8 heteroatoms. The van der Waals surface area contributed by atoms with Gasteiger partial charge in [0.2, 0.25) is 11.8 Å². The molecule has 0 atom stereocenters. The molecule has 160 valence electrons. The normalized spacial score (nSPS) is 16.1. The quantitative estimate of drug-likeness (QED) is 0.469. The Hall–Kier alpha value is -3.16. The highest BCUT2D eigenvalue weighted by Gasteiger charge is 2.21. The van der Waals surface area contributed by atoms with Crippen molar-refractivity contribution in [1.29, 1.82) is 0 Å². The lowest BCUT2D eigenvalue weighted by atomic mass is 9.97. The molecule has 0 aromatic heterocycles. The van der Waals surface area contributed by atoms with Gasteiger partial charge in [-0.3, -0.25) is 19.2 Å². The zero-order valence-electron chi connectivity index (χ0n) is 17.0. The maximum atomic E-state index is 12.0. The number of amides is 4.